The topological polar surface area (TPSA) is 39.7 Å². The monoisotopic (exact) mass is 317 g/mol. The number of ether oxygens (including phenoxy) is 3. The van der Waals surface area contributed by atoms with E-state index < -0.39 is 0 Å². The molecule has 0 radical (unpaired) electrons. The summed E-state index contributed by atoms with van der Waals surface area (Å²) in [6.07, 6.45) is -0.341. The van der Waals surface area contributed by atoms with Gasteiger partial charge in [0.15, 0.2) is 11.5 Å². The minimum absolute atomic E-state index is 0.340. The first kappa shape index (κ1) is 12.2. The maximum atomic E-state index is 14.3. The summed E-state index contributed by atoms with van der Waals surface area (Å²) in [6, 6.07) is 1.60. The molecule has 18 heavy (non-hydrogen) atoms. The van der Waals surface area contributed by atoms with Crippen molar-refractivity contribution in [3.63, 3.8) is 0 Å². The van der Waals surface area contributed by atoms with Gasteiger partial charge in [0.1, 0.15) is 25.1 Å². The van der Waals surface area contributed by atoms with Crippen molar-refractivity contribution in [1.29, 1.82) is 0 Å². The van der Waals surface area contributed by atoms with Gasteiger partial charge in [0.2, 0.25) is 0 Å². The molecule has 0 saturated carbocycles. The van der Waals surface area contributed by atoms with Crippen LogP contribution in [-0.4, -0.2) is 32.9 Å². The lowest BCUT2D eigenvalue weighted by Crippen LogP contribution is -2.34. The van der Waals surface area contributed by atoms with Crippen LogP contribution in [0.2, 0.25) is 0 Å². The molecule has 6 heteroatoms. The quantitative estimate of drug-likeness (QED) is 0.860. The zero-order valence-corrected chi connectivity index (χ0v) is 11.3. The fourth-order valence-electron chi connectivity index (χ4n) is 2.19. The number of rotatable bonds is 1. The molecule has 0 aliphatic carbocycles. The third-order valence-electron chi connectivity index (χ3n) is 3.01. The fraction of sp³-hybridized carbons (Fsp3) is 0.500. The van der Waals surface area contributed by atoms with Crippen LogP contribution in [0.25, 0.3) is 0 Å². The highest BCUT2D eigenvalue weighted by Crippen LogP contribution is 2.43. The normalized spacial score (nSPS) is 22.9. The smallest absolute Gasteiger partial charge is 0.170 e. The van der Waals surface area contributed by atoms with Gasteiger partial charge in [-0.1, -0.05) is 0 Å². The van der Waals surface area contributed by atoms with Crippen LogP contribution in [0, 0.1) is 5.82 Å². The van der Waals surface area contributed by atoms with Crippen molar-refractivity contribution in [3.8, 4) is 11.5 Å². The summed E-state index contributed by atoms with van der Waals surface area (Å²) >= 11 is 3.21. The standard InChI is InChI=1S/C12H13BrFNO3/c13-7-5-8-12(18-4-3-17-8)10(11(7)14)9-6-15-1-2-16-9/h5,9,15H,1-4,6H2. The second-order valence-electron chi connectivity index (χ2n) is 4.17. The lowest BCUT2D eigenvalue weighted by molar-refractivity contribution is 0.0220. The molecule has 1 fully saturated rings. The van der Waals surface area contributed by atoms with Gasteiger partial charge in [-0.05, 0) is 15.9 Å². The van der Waals surface area contributed by atoms with E-state index in [4.69, 9.17) is 14.2 Å². The summed E-state index contributed by atoms with van der Waals surface area (Å²) in [6.45, 7) is 2.83. The van der Waals surface area contributed by atoms with Gasteiger partial charge in [-0.25, -0.2) is 4.39 Å². The van der Waals surface area contributed by atoms with E-state index in [-0.39, 0.29) is 11.9 Å². The predicted molar refractivity (Wildman–Crippen MR) is 66.7 cm³/mol. The maximum absolute atomic E-state index is 14.3. The summed E-state index contributed by atoms with van der Waals surface area (Å²) in [4.78, 5) is 0. The first-order chi connectivity index (χ1) is 8.77. The Bertz CT molecular complexity index is 463. The molecule has 0 bridgehead atoms. The van der Waals surface area contributed by atoms with Gasteiger partial charge in [-0.3, -0.25) is 0 Å². The lowest BCUT2D eigenvalue weighted by atomic mass is 10.1. The summed E-state index contributed by atoms with van der Waals surface area (Å²) < 4.78 is 31.3. The first-order valence-corrected chi connectivity index (χ1v) is 6.66. The molecule has 0 amide bonds. The zero-order chi connectivity index (χ0) is 12.5. The van der Waals surface area contributed by atoms with Crippen LogP contribution >= 0.6 is 15.9 Å². The maximum Gasteiger partial charge on any atom is 0.170 e. The Morgan fingerprint density at radius 1 is 1.28 bits per heavy atom. The zero-order valence-electron chi connectivity index (χ0n) is 9.67. The molecule has 98 valence electrons. The van der Waals surface area contributed by atoms with Gasteiger partial charge in [0.25, 0.3) is 0 Å². The third kappa shape index (κ3) is 2.08. The Morgan fingerprint density at radius 3 is 2.89 bits per heavy atom. The minimum atomic E-state index is -0.341. The Balaban J connectivity index is 2.07. The Hall–Kier alpha value is -0.850. The average molecular weight is 318 g/mol. The van der Waals surface area contributed by atoms with Crippen LogP contribution in [0.1, 0.15) is 11.7 Å². The van der Waals surface area contributed by atoms with Gasteiger partial charge < -0.3 is 19.5 Å². The Kier molecular flexibility index (Phi) is 3.41. The van der Waals surface area contributed by atoms with E-state index in [0.29, 0.717) is 47.9 Å². The second-order valence-corrected chi connectivity index (χ2v) is 5.03. The number of hydrogen-bond donors (Lipinski definition) is 1. The lowest BCUT2D eigenvalue weighted by Gasteiger charge is -2.29. The summed E-state index contributed by atoms with van der Waals surface area (Å²) in [5, 5.41) is 3.18. The number of hydrogen-bond acceptors (Lipinski definition) is 4. The molecule has 4 nitrogen and oxygen atoms in total. The molecule has 1 N–H and O–H groups in total. The second kappa shape index (κ2) is 5.03. The van der Waals surface area contributed by atoms with Crippen LogP contribution in [0.4, 0.5) is 4.39 Å². The number of nitrogens with one attached hydrogen (secondary N) is 1. The molecule has 3 rings (SSSR count). The molecular weight excluding hydrogens is 305 g/mol. The molecule has 2 aliphatic heterocycles. The van der Waals surface area contributed by atoms with Crippen LogP contribution < -0.4 is 14.8 Å². The summed E-state index contributed by atoms with van der Waals surface area (Å²) in [7, 11) is 0. The van der Waals surface area contributed by atoms with E-state index in [0.717, 1.165) is 6.54 Å². The van der Waals surface area contributed by atoms with Gasteiger partial charge in [0, 0.05) is 19.2 Å². The van der Waals surface area contributed by atoms with Crippen molar-refractivity contribution in [1.82, 2.24) is 5.32 Å². The van der Waals surface area contributed by atoms with E-state index in [2.05, 4.69) is 21.2 Å². The van der Waals surface area contributed by atoms with Gasteiger partial charge >= 0.3 is 0 Å². The van der Waals surface area contributed by atoms with Crippen LogP contribution in [0.15, 0.2) is 10.5 Å². The average Bonchev–Trinajstić information content (AvgIpc) is 2.41. The minimum Gasteiger partial charge on any atom is -0.486 e. The molecular formula is C12H13BrFNO3. The number of benzene rings is 1. The van der Waals surface area contributed by atoms with Gasteiger partial charge in [-0.2, -0.15) is 0 Å². The predicted octanol–water partition coefficient (Wildman–Crippen LogP) is 2.02. The van der Waals surface area contributed by atoms with Gasteiger partial charge in [-0.15, -0.1) is 0 Å². The number of halogens is 2. The van der Waals surface area contributed by atoms with E-state index >= 15 is 0 Å². The van der Waals surface area contributed by atoms with E-state index in [1.807, 2.05) is 0 Å². The van der Waals surface area contributed by atoms with Crippen molar-refractivity contribution >= 4 is 15.9 Å². The van der Waals surface area contributed by atoms with E-state index in [9.17, 15) is 4.39 Å². The molecule has 1 aromatic rings. The van der Waals surface area contributed by atoms with Crippen molar-refractivity contribution in [3.05, 3.63) is 21.9 Å². The van der Waals surface area contributed by atoms with Crippen molar-refractivity contribution in [2.45, 2.75) is 6.10 Å². The first-order valence-electron chi connectivity index (χ1n) is 5.87. The highest BCUT2D eigenvalue weighted by atomic mass is 79.9. The largest absolute Gasteiger partial charge is 0.486 e. The van der Waals surface area contributed by atoms with E-state index in [1.165, 1.54) is 0 Å². The molecule has 1 atom stereocenters. The van der Waals surface area contributed by atoms with Crippen LogP contribution in [0.5, 0.6) is 11.5 Å². The molecule has 2 heterocycles. The van der Waals surface area contributed by atoms with Gasteiger partial charge in [0.05, 0.1) is 16.6 Å². The Labute approximate surface area is 113 Å². The fourth-order valence-corrected chi connectivity index (χ4v) is 2.62. The van der Waals surface area contributed by atoms with Crippen LogP contribution in [-0.2, 0) is 4.74 Å². The summed E-state index contributed by atoms with van der Waals surface area (Å²) in [5.41, 5.74) is 0.436. The van der Waals surface area contributed by atoms with Crippen molar-refractivity contribution in [2.24, 2.45) is 0 Å². The van der Waals surface area contributed by atoms with E-state index in [1.54, 1.807) is 6.07 Å². The van der Waals surface area contributed by atoms with Crippen molar-refractivity contribution < 1.29 is 18.6 Å². The molecule has 0 spiro atoms. The number of fused-ring (bicyclic) bond motifs is 1. The molecule has 0 aromatic heterocycles. The van der Waals surface area contributed by atoms with Crippen LogP contribution in [0.3, 0.4) is 0 Å². The highest BCUT2D eigenvalue weighted by molar-refractivity contribution is 9.10. The molecule has 1 saturated heterocycles. The molecule has 1 unspecified atom stereocenters. The van der Waals surface area contributed by atoms with Crippen molar-refractivity contribution in [2.75, 3.05) is 32.9 Å². The highest BCUT2D eigenvalue weighted by Gasteiger charge is 2.29. The summed E-state index contributed by atoms with van der Waals surface area (Å²) in [5.74, 6) is 0.697. The SMILES string of the molecule is Fc1c(Br)cc2c(c1C1CNCCO1)OCCO2. The molecule has 2 aliphatic rings. The Morgan fingerprint density at radius 2 is 2.11 bits per heavy atom. The molecule has 1 aromatic carbocycles. The number of morpholine rings is 1. The third-order valence-corrected chi connectivity index (χ3v) is 3.59.